The first-order chi connectivity index (χ1) is 6.29. The fourth-order valence-corrected chi connectivity index (χ4v) is 1.24. The molecular formula is C11H9NO. The monoisotopic (exact) mass is 171 g/mol. The molecule has 2 nitrogen and oxygen atoms in total. The van der Waals surface area contributed by atoms with Gasteiger partial charge in [-0.15, -0.1) is 0 Å². The van der Waals surface area contributed by atoms with Crippen molar-refractivity contribution in [1.82, 2.24) is 4.98 Å². The van der Waals surface area contributed by atoms with Crippen LogP contribution in [0, 0.1) is 0 Å². The lowest BCUT2D eigenvalue weighted by molar-refractivity contribution is 0.476. The van der Waals surface area contributed by atoms with Crippen molar-refractivity contribution < 1.29 is 5.11 Å². The number of phenolic OH excluding ortho intramolecular Hbond substituents is 1. The number of nitrogens with zero attached hydrogens (tertiary/aromatic N) is 1. The van der Waals surface area contributed by atoms with Gasteiger partial charge in [0.25, 0.3) is 0 Å². The molecule has 0 atom stereocenters. The molecule has 0 unspecified atom stereocenters. The van der Waals surface area contributed by atoms with Crippen molar-refractivity contribution in [2.45, 2.75) is 0 Å². The standard InChI is InChI=1S/C11H9NO/c1-2-9-5-3-8-4-6-10(13)7-11(8)12-9/h2-7,13H,1H2. The highest BCUT2D eigenvalue weighted by molar-refractivity contribution is 5.80. The Hall–Kier alpha value is -1.83. The van der Waals surface area contributed by atoms with Crippen LogP contribution < -0.4 is 0 Å². The van der Waals surface area contributed by atoms with Crippen molar-refractivity contribution in [3.05, 3.63) is 42.6 Å². The van der Waals surface area contributed by atoms with Gasteiger partial charge in [0.05, 0.1) is 11.2 Å². The smallest absolute Gasteiger partial charge is 0.117 e. The summed E-state index contributed by atoms with van der Waals surface area (Å²) in [6.45, 7) is 3.64. The highest BCUT2D eigenvalue weighted by Crippen LogP contribution is 2.18. The zero-order valence-corrected chi connectivity index (χ0v) is 7.07. The second-order valence-corrected chi connectivity index (χ2v) is 2.82. The Bertz CT molecular complexity index is 463. The van der Waals surface area contributed by atoms with E-state index >= 15 is 0 Å². The predicted octanol–water partition coefficient (Wildman–Crippen LogP) is 2.58. The third kappa shape index (κ3) is 1.38. The van der Waals surface area contributed by atoms with E-state index in [0.29, 0.717) is 0 Å². The van der Waals surface area contributed by atoms with E-state index < -0.39 is 0 Å². The van der Waals surface area contributed by atoms with E-state index in [1.54, 1.807) is 18.2 Å². The number of fused-ring (bicyclic) bond motifs is 1. The molecule has 0 saturated heterocycles. The van der Waals surface area contributed by atoms with Gasteiger partial charge < -0.3 is 5.11 Å². The van der Waals surface area contributed by atoms with E-state index in [9.17, 15) is 5.11 Å². The molecular weight excluding hydrogens is 162 g/mol. The molecule has 1 aromatic carbocycles. The van der Waals surface area contributed by atoms with Crippen molar-refractivity contribution >= 4 is 17.0 Å². The summed E-state index contributed by atoms with van der Waals surface area (Å²) in [6, 6.07) is 8.98. The van der Waals surface area contributed by atoms with Crippen LogP contribution in [0.4, 0.5) is 0 Å². The molecule has 0 fully saturated rings. The average Bonchev–Trinajstić information content (AvgIpc) is 2.16. The molecule has 2 rings (SSSR count). The summed E-state index contributed by atoms with van der Waals surface area (Å²) in [5, 5.41) is 10.2. The molecule has 1 N–H and O–H groups in total. The van der Waals surface area contributed by atoms with Gasteiger partial charge in [-0.3, -0.25) is 0 Å². The van der Waals surface area contributed by atoms with Crippen LogP contribution in [0.15, 0.2) is 36.9 Å². The minimum absolute atomic E-state index is 0.237. The highest BCUT2D eigenvalue weighted by atomic mass is 16.3. The number of phenols is 1. The van der Waals surface area contributed by atoms with Crippen LogP contribution in [0.3, 0.4) is 0 Å². The third-order valence-electron chi connectivity index (χ3n) is 1.91. The average molecular weight is 171 g/mol. The van der Waals surface area contributed by atoms with E-state index in [1.807, 2.05) is 18.2 Å². The Morgan fingerprint density at radius 1 is 1.23 bits per heavy atom. The molecule has 1 heterocycles. The predicted molar refractivity (Wildman–Crippen MR) is 53.5 cm³/mol. The fraction of sp³-hybridized carbons (Fsp3) is 0. The highest BCUT2D eigenvalue weighted by Gasteiger charge is 1.96. The van der Waals surface area contributed by atoms with E-state index in [-0.39, 0.29) is 5.75 Å². The van der Waals surface area contributed by atoms with Crippen LogP contribution in [0.1, 0.15) is 5.69 Å². The van der Waals surface area contributed by atoms with E-state index in [0.717, 1.165) is 16.6 Å². The summed E-state index contributed by atoms with van der Waals surface area (Å²) in [5.41, 5.74) is 1.61. The summed E-state index contributed by atoms with van der Waals surface area (Å²) in [6.07, 6.45) is 1.68. The topological polar surface area (TPSA) is 33.1 Å². The number of pyridine rings is 1. The van der Waals surface area contributed by atoms with Crippen molar-refractivity contribution in [2.75, 3.05) is 0 Å². The minimum atomic E-state index is 0.237. The van der Waals surface area contributed by atoms with E-state index in [2.05, 4.69) is 11.6 Å². The van der Waals surface area contributed by atoms with Crippen molar-refractivity contribution in [1.29, 1.82) is 0 Å². The number of hydrogen-bond acceptors (Lipinski definition) is 2. The van der Waals surface area contributed by atoms with Crippen LogP contribution >= 0.6 is 0 Å². The van der Waals surface area contributed by atoms with Crippen molar-refractivity contribution in [3.63, 3.8) is 0 Å². The summed E-state index contributed by atoms with van der Waals surface area (Å²) < 4.78 is 0. The molecule has 2 aromatic rings. The van der Waals surface area contributed by atoms with Crippen LogP contribution in [-0.4, -0.2) is 10.1 Å². The lowest BCUT2D eigenvalue weighted by Gasteiger charge is -1.98. The summed E-state index contributed by atoms with van der Waals surface area (Å²) in [4.78, 5) is 4.28. The second kappa shape index (κ2) is 2.90. The Labute approximate surface area is 76.2 Å². The zero-order valence-electron chi connectivity index (χ0n) is 7.07. The first-order valence-corrected chi connectivity index (χ1v) is 4.02. The van der Waals surface area contributed by atoms with Crippen LogP contribution in [-0.2, 0) is 0 Å². The summed E-state index contributed by atoms with van der Waals surface area (Å²) in [5.74, 6) is 0.237. The first kappa shape index (κ1) is 7.80. The summed E-state index contributed by atoms with van der Waals surface area (Å²) >= 11 is 0. The van der Waals surface area contributed by atoms with Crippen molar-refractivity contribution in [2.24, 2.45) is 0 Å². The maximum Gasteiger partial charge on any atom is 0.117 e. The minimum Gasteiger partial charge on any atom is -0.508 e. The number of hydrogen-bond donors (Lipinski definition) is 1. The number of benzene rings is 1. The lowest BCUT2D eigenvalue weighted by Crippen LogP contribution is -1.81. The zero-order chi connectivity index (χ0) is 9.26. The number of rotatable bonds is 1. The van der Waals surface area contributed by atoms with Gasteiger partial charge in [0.15, 0.2) is 0 Å². The van der Waals surface area contributed by atoms with Gasteiger partial charge in [-0.25, -0.2) is 4.98 Å². The van der Waals surface area contributed by atoms with E-state index in [1.165, 1.54) is 0 Å². The number of aromatic nitrogens is 1. The fourth-order valence-electron chi connectivity index (χ4n) is 1.24. The van der Waals surface area contributed by atoms with Gasteiger partial charge in [0.1, 0.15) is 5.75 Å². The molecule has 0 bridgehead atoms. The van der Waals surface area contributed by atoms with Crippen molar-refractivity contribution in [3.8, 4) is 5.75 Å². The summed E-state index contributed by atoms with van der Waals surface area (Å²) in [7, 11) is 0. The third-order valence-corrected chi connectivity index (χ3v) is 1.91. The first-order valence-electron chi connectivity index (χ1n) is 4.02. The van der Waals surface area contributed by atoms with Gasteiger partial charge >= 0.3 is 0 Å². The second-order valence-electron chi connectivity index (χ2n) is 2.82. The molecule has 0 amide bonds. The lowest BCUT2D eigenvalue weighted by atomic mass is 10.2. The Morgan fingerprint density at radius 3 is 2.77 bits per heavy atom. The molecule has 0 aliphatic carbocycles. The molecule has 64 valence electrons. The Balaban J connectivity index is 2.74. The molecule has 0 radical (unpaired) electrons. The van der Waals surface area contributed by atoms with Gasteiger partial charge in [0.2, 0.25) is 0 Å². The van der Waals surface area contributed by atoms with Gasteiger partial charge in [-0.05, 0) is 24.3 Å². The van der Waals surface area contributed by atoms with E-state index in [4.69, 9.17) is 0 Å². The molecule has 0 aliphatic heterocycles. The van der Waals surface area contributed by atoms with Crippen LogP contribution in [0.25, 0.3) is 17.0 Å². The Kier molecular flexibility index (Phi) is 1.74. The van der Waals surface area contributed by atoms with Gasteiger partial charge in [-0.1, -0.05) is 12.6 Å². The van der Waals surface area contributed by atoms with Crippen LogP contribution in [0.2, 0.25) is 0 Å². The molecule has 1 aromatic heterocycles. The largest absolute Gasteiger partial charge is 0.508 e. The normalized spacial score (nSPS) is 10.2. The molecule has 0 spiro atoms. The van der Waals surface area contributed by atoms with Gasteiger partial charge in [0, 0.05) is 11.5 Å². The maximum atomic E-state index is 9.23. The molecule has 0 aliphatic rings. The van der Waals surface area contributed by atoms with Crippen LogP contribution in [0.5, 0.6) is 5.75 Å². The Morgan fingerprint density at radius 2 is 2.00 bits per heavy atom. The molecule has 0 saturated carbocycles. The number of aromatic hydroxyl groups is 1. The quantitative estimate of drug-likeness (QED) is 0.715. The SMILES string of the molecule is C=Cc1ccc2ccc(O)cc2n1. The maximum absolute atomic E-state index is 9.23. The van der Waals surface area contributed by atoms with Gasteiger partial charge in [-0.2, -0.15) is 0 Å². The molecule has 2 heteroatoms. The molecule has 13 heavy (non-hydrogen) atoms.